The number of aromatic nitrogens is 2. The van der Waals surface area contributed by atoms with Gasteiger partial charge in [0, 0.05) is 16.7 Å². The number of imidazole rings is 1. The predicted molar refractivity (Wildman–Crippen MR) is 92.2 cm³/mol. The van der Waals surface area contributed by atoms with Crippen LogP contribution in [0.1, 0.15) is 25.2 Å². The third-order valence-electron chi connectivity index (χ3n) is 3.51. The molecule has 3 nitrogen and oxygen atoms in total. The molecule has 0 saturated carbocycles. The maximum Gasteiger partial charge on any atom is 0.136 e. The Bertz CT molecular complexity index is 762. The molecule has 0 radical (unpaired) electrons. The summed E-state index contributed by atoms with van der Waals surface area (Å²) < 4.78 is 2.08. The summed E-state index contributed by atoms with van der Waals surface area (Å²) in [5.41, 5.74) is 3.21. The summed E-state index contributed by atoms with van der Waals surface area (Å²) in [6, 6.07) is 16.6. The summed E-state index contributed by atoms with van der Waals surface area (Å²) >= 11 is 1.87. The van der Waals surface area contributed by atoms with Gasteiger partial charge in [-0.2, -0.15) is 0 Å². The van der Waals surface area contributed by atoms with Crippen molar-refractivity contribution in [3.63, 3.8) is 0 Å². The predicted octanol–water partition coefficient (Wildman–Crippen LogP) is 4.08. The summed E-state index contributed by atoms with van der Waals surface area (Å²) in [6.07, 6.45) is 0. The van der Waals surface area contributed by atoms with Gasteiger partial charge in [-0.15, -0.1) is 11.8 Å². The summed E-state index contributed by atoms with van der Waals surface area (Å²) in [6.45, 7) is 5.08. The van der Waals surface area contributed by atoms with Crippen LogP contribution in [0.2, 0.25) is 0 Å². The van der Waals surface area contributed by atoms with E-state index in [1.165, 1.54) is 10.5 Å². The lowest BCUT2D eigenvalue weighted by Gasteiger charge is -2.10. The van der Waals surface area contributed by atoms with Crippen molar-refractivity contribution in [1.82, 2.24) is 9.55 Å². The van der Waals surface area contributed by atoms with Crippen LogP contribution in [0.15, 0.2) is 53.4 Å². The monoisotopic (exact) mass is 312 g/mol. The van der Waals surface area contributed by atoms with Crippen LogP contribution in [0.5, 0.6) is 0 Å². The van der Waals surface area contributed by atoms with Gasteiger partial charge in [-0.1, -0.05) is 38.1 Å². The zero-order chi connectivity index (χ0) is 15.5. The highest BCUT2D eigenvalue weighted by atomic mass is 32.2. The molecule has 0 aliphatic rings. The first-order valence-corrected chi connectivity index (χ1v) is 8.36. The van der Waals surface area contributed by atoms with Crippen molar-refractivity contribution in [1.29, 1.82) is 0 Å². The quantitative estimate of drug-likeness (QED) is 0.722. The molecule has 2 aromatic carbocycles. The minimum Gasteiger partial charge on any atom is -0.388 e. The van der Waals surface area contributed by atoms with Gasteiger partial charge in [0.2, 0.25) is 0 Å². The zero-order valence-corrected chi connectivity index (χ0v) is 13.7. The van der Waals surface area contributed by atoms with Gasteiger partial charge in [-0.05, 0) is 29.8 Å². The molecule has 0 bridgehead atoms. The second kappa shape index (κ2) is 6.55. The number of para-hydroxylation sites is 2. The Balaban J connectivity index is 1.89. The normalized spacial score (nSPS) is 11.5. The second-order valence-electron chi connectivity index (χ2n) is 5.57. The number of aliphatic hydroxyl groups is 1. The van der Waals surface area contributed by atoms with E-state index in [1.54, 1.807) is 0 Å². The largest absolute Gasteiger partial charge is 0.388 e. The Labute approximate surface area is 135 Å². The molecule has 0 unspecified atom stereocenters. The smallest absolute Gasteiger partial charge is 0.136 e. The molecule has 0 aliphatic carbocycles. The molecular formula is C18H20N2OS. The molecular weight excluding hydrogens is 292 g/mol. The molecule has 0 saturated heterocycles. The van der Waals surface area contributed by atoms with Crippen molar-refractivity contribution >= 4 is 22.8 Å². The average Bonchev–Trinajstić information content (AvgIpc) is 2.87. The molecule has 1 N–H and O–H groups in total. The van der Waals surface area contributed by atoms with E-state index in [1.807, 2.05) is 36.0 Å². The molecule has 0 fully saturated rings. The van der Waals surface area contributed by atoms with E-state index in [2.05, 4.69) is 47.7 Å². The number of rotatable bonds is 5. The molecule has 1 heterocycles. The van der Waals surface area contributed by atoms with Crippen LogP contribution < -0.4 is 0 Å². The maximum atomic E-state index is 9.55. The van der Waals surface area contributed by atoms with Gasteiger partial charge in [-0.3, -0.25) is 0 Å². The van der Waals surface area contributed by atoms with E-state index in [-0.39, 0.29) is 6.61 Å². The summed E-state index contributed by atoms with van der Waals surface area (Å²) in [7, 11) is 0. The number of fused-ring (bicyclic) bond motifs is 1. The van der Waals surface area contributed by atoms with Gasteiger partial charge in [0.25, 0.3) is 0 Å². The molecule has 3 aromatic rings. The van der Waals surface area contributed by atoms with Gasteiger partial charge in [-0.25, -0.2) is 4.98 Å². The third kappa shape index (κ3) is 3.18. The molecule has 0 amide bonds. The summed E-state index contributed by atoms with van der Waals surface area (Å²) in [5.74, 6) is 0.710. The standard InChI is InChI=1S/C18H20N2OS/c1-13(2)22-15-9-7-14(8-10-15)11-20-17-6-4-3-5-16(17)19-18(20)12-21/h3-10,13,21H,11-12H2,1-2H3. The Morgan fingerprint density at radius 3 is 2.50 bits per heavy atom. The van der Waals surface area contributed by atoms with E-state index >= 15 is 0 Å². The second-order valence-corrected chi connectivity index (χ2v) is 7.22. The highest BCUT2D eigenvalue weighted by molar-refractivity contribution is 7.99. The van der Waals surface area contributed by atoms with Gasteiger partial charge in [0.15, 0.2) is 0 Å². The first-order valence-electron chi connectivity index (χ1n) is 7.48. The SMILES string of the molecule is CC(C)Sc1ccc(Cn2c(CO)nc3ccccc32)cc1. The van der Waals surface area contributed by atoms with E-state index in [9.17, 15) is 5.11 Å². The highest BCUT2D eigenvalue weighted by Crippen LogP contribution is 2.24. The van der Waals surface area contributed by atoms with Crippen molar-refractivity contribution in [2.45, 2.75) is 37.1 Å². The fourth-order valence-corrected chi connectivity index (χ4v) is 3.39. The fourth-order valence-electron chi connectivity index (χ4n) is 2.55. The fraction of sp³-hybridized carbons (Fsp3) is 0.278. The number of aliphatic hydroxyl groups excluding tert-OH is 1. The summed E-state index contributed by atoms with van der Waals surface area (Å²) in [5, 5.41) is 10.1. The van der Waals surface area contributed by atoms with Crippen molar-refractivity contribution in [3.8, 4) is 0 Å². The number of thioether (sulfide) groups is 1. The van der Waals surface area contributed by atoms with Crippen molar-refractivity contribution in [2.75, 3.05) is 0 Å². The highest BCUT2D eigenvalue weighted by Gasteiger charge is 2.10. The molecule has 1 aromatic heterocycles. The van der Waals surface area contributed by atoms with Crippen LogP contribution >= 0.6 is 11.8 Å². The molecule has 0 spiro atoms. The molecule has 0 aliphatic heterocycles. The summed E-state index contributed by atoms with van der Waals surface area (Å²) in [4.78, 5) is 5.78. The number of hydrogen-bond donors (Lipinski definition) is 1. The maximum absolute atomic E-state index is 9.55. The van der Waals surface area contributed by atoms with Crippen molar-refractivity contribution in [2.24, 2.45) is 0 Å². The van der Waals surface area contributed by atoms with E-state index in [0.717, 1.165) is 17.6 Å². The van der Waals surface area contributed by atoms with Crippen LogP contribution in [-0.4, -0.2) is 19.9 Å². The van der Waals surface area contributed by atoms with Crippen LogP contribution in [0.4, 0.5) is 0 Å². The number of benzene rings is 2. The van der Waals surface area contributed by atoms with Crippen molar-refractivity contribution in [3.05, 3.63) is 59.9 Å². The van der Waals surface area contributed by atoms with Crippen LogP contribution in [0, 0.1) is 0 Å². The van der Waals surface area contributed by atoms with Crippen LogP contribution in [-0.2, 0) is 13.2 Å². The minimum atomic E-state index is -0.0457. The molecule has 4 heteroatoms. The Morgan fingerprint density at radius 1 is 1.09 bits per heavy atom. The first-order chi connectivity index (χ1) is 10.7. The molecule has 0 atom stereocenters. The topological polar surface area (TPSA) is 38.0 Å². The van der Waals surface area contributed by atoms with E-state index in [0.29, 0.717) is 11.1 Å². The van der Waals surface area contributed by atoms with Gasteiger partial charge >= 0.3 is 0 Å². The van der Waals surface area contributed by atoms with E-state index in [4.69, 9.17) is 0 Å². The Hall–Kier alpha value is -1.78. The van der Waals surface area contributed by atoms with Gasteiger partial charge < -0.3 is 9.67 Å². The third-order valence-corrected chi connectivity index (χ3v) is 4.53. The lowest BCUT2D eigenvalue weighted by molar-refractivity contribution is 0.267. The number of nitrogens with zero attached hydrogens (tertiary/aromatic N) is 2. The van der Waals surface area contributed by atoms with E-state index < -0.39 is 0 Å². The number of hydrogen-bond acceptors (Lipinski definition) is 3. The average molecular weight is 312 g/mol. The van der Waals surface area contributed by atoms with Crippen LogP contribution in [0.3, 0.4) is 0 Å². The molecule has 22 heavy (non-hydrogen) atoms. The zero-order valence-electron chi connectivity index (χ0n) is 12.9. The van der Waals surface area contributed by atoms with Gasteiger partial charge in [0.05, 0.1) is 11.0 Å². The minimum absolute atomic E-state index is 0.0457. The lowest BCUT2D eigenvalue weighted by Crippen LogP contribution is -2.05. The van der Waals surface area contributed by atoms with Gasteiger partial charge in [0.1, 0.15) is 12.4 Å². The first kappa shape index (κ1) is 15.1. The molecule has 114 valence electrons. The molecule has 3 rings (SSSR count). The Morgan fingerprint density at radius 2 is 1.82 bits per heavy atom. The van der Waals surface area contributed by atoms with Crippen molar-refractivity contribution < 1.29 is 5.11 Å². The Kier molecular flexibility index (Phi) is 4.50. The van der Waals surface area contributed by atoms with Crippen LogP contribution in [0.25, 0.3) is 11.0 Å². The lowest BCUT2D eigenvalue weighted by atomic mass is 10.2.